The molecule has 0 spiro atoms. The molecule has 10 rings (SSSR count). The molecule has 3 nitrogen and oxygen atoms in total. The Kier molecular flexibility index (Phi) is 5.00. The molecule has 214 valence electrons. The lowest BCUT2D eigenvalue weighted by molar-refractivity contribution is 0.627. The van der Waals surface area contributed by atoms with Crippen LogP contribution in [0.3, 0.4) is 0 Å². The fraction of sp³-hybridized carbons (Fsp3) is 0.0976. The number of hydrogen-bond acceptors (Lipinski definition) is 3. The molecule has 45 heavy (non-hydrogen) atoms. The van der Waals surface area contributed by atoms with Crippen LogP contribution < -0.4 is 5.32 Å². The minimum atomic E-state index is -0.315. The van der Waals surface area contributed by atoms with Gasteiger partial charge in [0.05, 0.1) is 16.7 Å². The van der Waals surface area contributed by atoms with Crippen molar-refractivity contribution >= 4 is 64.7 Å². The molecular weight excluding hydrogens is 567 g/mol. The molecule has 2 aliphatic rings. The van der Waals surface area contributed by atoms with Gasteiger partial charge in [-0.15, -0.1) is 11.3 Å². The number of hydrogen-bond donors (Lipinski definition) is 1. The van der Waals surface area contributed by atoms with Crippen molar-refractivity contribution in [1.82, 2.24) is 4.57 Å². The third kappa shape index (κ3) is 3.38. The fourth-order valence-corrected chi connectivity index (χ4v) is 9.06. The van der Waals surface area contributed by atoms with Crippen molar-refractivity contribution in [2.24, 2.45) is 4.99 Å². The minimum absolute atomic E-state index is 0.0811. The summed E-state index contributed by atoms with van der Waals surface area (Å²) >= 11 is 1.83. The van der Waals surface area contributed by atoms with Crippen molar-refractivity contribution in [3.63, 3.8) is 0 Å². The Hall–Kier alpha value is -5.19. The van der Waals surface area contributed by atoms with Crippen LogP contribution in [0.25, 0.3) is 53.8 Å². The Balaban J connectivity index is 1.30. The summed E-state index contributed by atoms with van der Waals surface area (Å²) in [6, 6.07) is 46.6. The van der Waals surface area contributed by atoms with Crippen LogP contribution >= 0.6 is 11.3 Å². The summed E-state index contributed by atoms with van der Waals surface area (Å²) in [5, 5.41) is 11.3. The van der Waals surface area contributed by atoms with Gasteiger partial charge in [0.1, 0.15) is 5.00 Å². The van der Waals surface area contributed by atoms with E-state index < -0.39 is 0 Å². The third-order valence-electron chi connectivity index (χ3n) is 10.0. The third-order valence-corrected chi connectivity index (χ3v) is 11.1. The van der Waals surface area contributed by atoms with Gasteiger partial charge >= 0.3 is 0 Å². The van der Waals surface area contributed by atoms with Gasteiger partial charge in [0.25, 0.3) is 0 Å². The normalized spacial score (nSPS) is 16.5. The molecule has 0 fully saturated rings. The molecule has 0 saturated carbocycles. The van der Waals surface area contributed by atoms with E-state index in [1.54, 1.807) is 0 Å². The highest BCUT2D eigenvalue weighted by molar-refractivity contribution is 7.23. The number of nitrogens with zero attached hydrogens (tertiary/aromatic N) is 2. The predicted molar refractivity (Wildman–Crippen MR) is 191 cm³/mol. The van der Waals surface area contributed by atoms with Gasteiger partial charge in [-0.2, -0.15) is 0 Å². The van der Waals surface area contributed by atoms with E-state index in [0.717, 1.165) is 5.71 Å². The van der Waals surface area contributed by atoms with Gasteiger partial charge in [-0.05, 0) is 57.3 Å². The molecule has 6 aromatic carbocycles. The molecule has 1 N–H and O–H groups in total. The minimum Gasteiger partial charge on any atom is -0.338 e. The molecule has 3 heterocycles. The quantitative estimate of drug-likeness (QED) is 0.212. The first-order valence-corrected chi connectivity index (χ1v) is 16.4. The lowest BCUT2D eigenvalue weighted by Gasteiger charge is -2.27. The largest absolute Gasteiger partial charge is 0.338 e. The van der Waals surface area contributed by atoms with E-state index in [0.29, 0.717) is 0 Å². The number of para-hydroxylation sites is 1. The van der Waals surface area contributed by atoms with E-state index in [4.69, 9.17) is 4.99 Å². The Morgan fingerprint density at radius 2 is 1.31 bits per heavy atom. The highest BCUT2D eigenvalue weighted by atomic mass is 32.1. The standard InChI is InChI=1S/C41H29N3S/c1-41(2)31-18-8-5-15-27(31)36-29(17-11-19-32(36)41)38-37-28-16-7-10-21-35(28)45-39(37)43-40(42-38)44-33-20-9-6-14-26(33)30-22-24-12-3-4-13-25(24)23-34(30)44/h3-23,40,43H,1-2H3. The number of fused-ring (bicyclic) bond motifs is 10. The number of anilines is 1. The highest BCUT2D eigenvalue weighted by Gasteiger charge is 2.38. The SMILES string of the molecule is CC1(C)c2ccccc2-c2c(C3=NC(n4c5ccccc5c5cc6ccccc6cc54)Nc4sc5ccccc5c43)cccc21. The molecule has 0 radical (unpaired) electrons. The summed E-state index contributed by atoms with van der Waals surface area (Å²) in [6.07, 6.45) is -0.315. The number of aliphatic imine (C=N–C) groups is 1. The molecular formula is C41H29N3S. The zero-order valence-corrected chi connectivity index (χ0v) is 25.8. The van der Waals surface area contributed by atoms with Crippen LogP contribution in [-0.2, 0) is 5.41 Å². The fourth-order valence-electron chi connectivity index (χ4n) is 7.94. The molecule has 2 aromatic heterocycles. The smallest absolute Gasteiger partial charge is 0.202 e. The van der Waals surface area contributed by atoms with Crippen LogP contribution in [0, 0.1) is 0 Å². The number of nitrogens with one attached hydrogen (secondary N) is 1. The molecule has 0 amide bonds. The molecule has 1 aliphatic heterocycles. The van der Waals surface area contributed by atoms with E-state index in [2.05, 4.69) is 151 Å². The summed E-state index contributed by atoms with van der Waals surface area (Å²) in [6.45, 7) is 4.70. The molecule has 1 aliphatic carbocycles. The molecule has 1 atom stereocenters. The van der Waals surface area contributed by atoms with Crippen molar-refractivity contribution in [1.29, 1.82) is 0 Å². The molecule has 1 unspecified atom stereocenters. The maximum Gasteiger partial charge on any atom is 0.202 e. The van der Waals surface area contributed by atoms with Crippen LogP contribution in [0.2, 0.25) is 0 Å². The number of rotatable bonds is 2. The average molecular weight is 596 g/mol. The number of aromatic nitrogens is 1. The number of thiophene rings is 1. The van der Waals surface area contributed by atoms with Crippen LogP contribution in [-0.4, -0.2) is 10.3 Å². The second-order valence-corrected chi connectivity index (χ2v) is 13.9. The van der Waals surface area contributed by atoms with Crippen molar-refractivity contribution < 1.29 is 0 Å². The summed E-state index contributed by atoms with van der Waals surface area (Å²) in [4.78, 5) is 5.71. The van der Waals surface area contributed by atoms with Gasteiger partial charge in [0.2, 0.25) is 6.29 Å². The van der Waals surface area contributed by atoms with Crippen molar-refractivity contribution in [2.45, 2.75) is 25.6 Å². The first-order chi connectivity index (χ1) is 22.1. The molecule has 0 saturated heterocycles. The van der Waals surface area contributed by atoms with E-state index >= 15 is 0 Å². The topological polar surface area (TPSA) is 29.3 Å². The van der Waals surface area contributed by atoms with E-state index in [-0.39, 0.29) is 11.7 Å². The first-order valence-electron chi connectivity index (χ1n) is 15.6. The Morgan fingerprint density at radius 3 is 2.20 bits per heavy atom. The highest BCUT2D eigenvalue weighted by Crippen LogP contribution is 2.52. The lowest BCUT2D eigenvalue weighted by Crippen LogP contribution is -2.24. The number of benzene rings is 6. The van der Waals surface area contributed by atoms with E-state index in [9.17, 15) is 0 Å². The van der Waals surface area contributed by atoms with Crippen molar-refractivity contribution in [2.75, 3.05) is 5.32 Å². The average Bonchev–Trinajstić information content (AvgIpc) is 3.69. The van der Waals surface area contributed by atoms with Crippen LogP contribution in [0.4, 0.5) is 5.00 Å². The molecule has 4 heteroatoms. The van der Waals surface area contributed by atoms with E-state index in [1.807, 2.05) is 11.3 Å². The Labute approximate surface area is 265 Å². The van der Waals surface area contributed by atoms with Crippen molar-refractivity contribution in [3.8, 4) is 11.1 Å². The second kappa shape index (κ2) is 8.93. The summed E-state index contributed by atoms with van der Waals surface area (Å²) in [7, 11) is 0. The Bertz CT molecular complexity index is 2560. The van der Waals surface area contributed by atoms with Crippen LogP contribution in [0.1, 0.15) is 42.4 Å². The summed E-state index contributed by atoms with van der Waals surface area (Å²) in [5.41, 5.74) is 11.1. The predicted octanol–water partition coefficient (Wildman–Crippen LogP) is 10.9. The van der Waals surface area contributed by atoms with E-state index in [1.165, 1.54) is 81.0 Å². The zero-order valence-electron chi connectivity index (χ0n) is 25.0. The molecule has 0 bridgehead atoms. The molecule has 8 aromatic rings. The van der Waals surface area contributed by atoms with Gasteiger partial charge < -0.3 is 9.88 Å². The summed E-state index contributed by atoms with van der Waals surface area (Å²) in [5.74, 6) is 0. The van der Waals surface area contributed by atoms with Gasteiger partial charge in [-0.25, -0.2) is 4.99 Å². The van der Waals surface area contributed by atoms with Crippen LogP contribution in [0.5, 0.6) is 0 Å². The van der Waals surface area contributed by atoms with Gasteiger partial charge in [0, 0.05) is 37.4 Å². The lowest BCUT2D eigenvalue weighted by atomic mass is 9.82. The van der Waals surface area contributed by atoms with Crippen molar-refractivity contribution in [3.05, 3.63) is 150 Å². The first kappa shape index (κ1) is 25.2. The second-order valence-electron chi connectivity index (χ2n) is 12.8. The summed E-state index contributed by atoms with van der Waals surface area (Å²) < 4.78 is 3.68. The monoisotopic (exact) mass is 595 g/mol. The van der Waals surface area contributed by atoms with Gasteiger partial charge in [-0.1, -0.05) is 117 Å². The van der Waals surface area contributed by atoms with Gasteiger partial charge in [-0.3, -0.25) is 0 Å². The van der Waals surface area contributed by atoms with Gasteiger partial charge in [0.15, 0.2) is 0 Å². The maximum absolute atomic E-state index is 5.71. The maximum atomic E-state index is 5.71. The van der Waals surface area contributed by atoms with Crippen LogP contribution in [0.15, 0.2) is 132 Å². The Morgan fingerprint density at radius 1 is 0.622 bits per heavy atom. The zero-order chi connectivity index (χ0) is 29.9.